The molecule has 5 aromatic rings. The number of carbonyl (C=O) groups excluding carboxylic acids is 1. The Morgan fingerprint density at radius 1 is 1.18 bits per heavy atom. The molecule has 10 heteroatoms. The fraction of sp³-hybridized carbons (Fsp3) is 0.167. The van der Waals surface area contributed by atoms with E-state index >= 15 is 0 Å². The Morgan fingerprint density at radius 2 is 2.00 bits per heavy atom. The normalized spacial score (nSPS) is 11.3. The van der Waals surface area contributed by atoms with Crippen molar-refractivity contribution in [1.29, 1.82) is 0 Å². The summed E-state index contributed by atoms with van der Waals surface area (Å²) < 4.78 is 7.86. The van der Waals surface area contributed by atoms with Crippen molar-refractivity contribution in [2.24, 2.45) is 0 Å². The summed E-state index contributed by atoms with van der Waals surface area (Å²) in [7, 11) is 0. The lowest BCUT2D eigenvalue weighted by Crippen LogP contribution is -2.14. The minimum absolute atomic E-state index is 0.152. The van der Waals surface area contributed by atoms with E-state index in [-0.39, 0.29) is 11.7 Å². The van der Waals surface area contributed by atoms with Crippen molar-refractivity contribution in [2.45, 2.75) is 25.5 Å². The number of nitrogens with zero attached hydrogens (tertiary/aromatic N) is 4. The monoisotopic (exact) mass is 509 g/mol. The summed E-state index contributed by atoms with van der Waals surface area (Å²) in [5, 5.41) is 16.1. The van der Waals surface area contributed by atoms with Crippen LogP contribution in [0.1, 0.15) is 12.5 Å². The van der Waals surface area contributed by atoms with Gasteiger partial charge in [-0.15, -0.1) is 21.5 Å². The van der Waals surface area contributed by atoms with Crippen molar-refractivity contribution < 1.29 is 9.21 Å². The number of furan rings is 1. The van der Waals surface area contributed by atoms with Crippen LogP contribution in [0.25, 0.3) is 33.8 Å². The van der Waals surface area contributed by atoms with Gasteiger partial charge in [0.05, 0.1) is 11.4 Å². The first kappa shape index (κ1) is 22.6. The average molecular weight is 510 g/mol. The van der Waals surface area contributed by atoms with Crippen LogP contribution in [0.3, 0.4) is 0 Å². The van der Waals surface area contributed by atoms with Gasteiger partial charge >= 0.3 is 0 Å². The first-order valence-corrected chi connectivity index (χ1v) is 12.8. The number of aryl methyl sites for hydroxylation is 1. The van der Waals surface area contributed by atoms with Gasteiger partial charge in [0, 0.05) is 27.9 Å². The molecule has 1 N–H and O–H groups in total. The maximum atomic E-state index is 12.5. The van der Waals surface area contributed by atoms with E-state index in [9.17, 15) is 4.79 Å². The quantitative estimate of drug-likeness (QED) is 0.251. The standard InChI is InChI=1S/C24H20ClN5O2S2/c1-3-30-22(20-11-16-10-17(25)8-9-19(16)32-20)28-29-24(30)34-13-21(31)27-23-26-18(12-33-23)15-6-4-14(2)5-7-15/h4-12H,3,13H2,1-2H3,(H,26,27,31). The van der Waals surface area contributed by atoms with Gasteiger partial charge < -0.3 is 9.73 Å². The number of amides is 1. The molecule has 0 atom stereocenters. The zero-order valence-electron chi connectivity index (χ0n) is 18.4. The topological polar surface area (TPSA) is 85.8 Å². The summed E-state index contributed by atoms with van der Waals surface area (Å²) in [6.07, 6.45) is 0. The lowest BCUT2D eigenvalue weighted by atomic mass is 10.1. The molecule has 172 valence electrons. The third kappa shape index (κ3) is 4.72. The summed E-state index contributed by atoms with van der Waals surface area (Å²) in [6, 6.07) is 15.5. The Morgan fingerprint density at radius 3 is 2.79 bits per heavy atom. The maximum absolute atomic E-state index is 12.5. The minimum atomic E-state index is -0.152. The van der Waals surface area contributed by atoms with Crippen molar-refractivity contribution in [1.82, 2.24) is 19.7 Å². The number of fused-ring (bicyclic) bond motifs is 1. The molecule has 1 amide bonds. The fourth-order valence-electron chi connectivity index (χ4n) is 3.46. The van der Waals surface area contributed by atoms with Crippen LogP contribution in [0.5, 0.6) is 0 Å². The SMILES string of the molecule is CCn1c(SCC(=O)Nc2nc(-c3ccc(C)cc3)cs2)nnc1-c1cc2cc(Cl)ccc2o1. The second-order valence-electron chi connectivity index (χ2n) is 7.58. The molecule has 0 radical (unpaired) electrons. The van der Waals surface area contributed by atoms with E-state index in [0.717, 1.165) is 22.2 Å². The summed E-state index contributed by atoms with van der Waals surface area (Å²) in [6.45, 7) is 4.68. The molecule has 0 saturated carbocycles. The zero-order chi connectivity index (χ0) is 23.7. The summed E-state index contributed by atoms with van der Waals surface area (Å²) in [5.41, 5.74) is 3.79. The Bertz CT molecular complexity index is 1470. The number of aromatic nitrogens is 4. The van der Waals surface area contributed by atoms with Crippen LogP contribution in [0.4, 0.5) is 5.13 Å². The number of anilines is 1. The molecule has 0 spiro atoms. The summed E-state index contributed by atoms with van der Waals surface area (Å²) >= 11 is 8.81. The molecule has 0 saturated heterocycles. The van der Waals surface area contributed by atoms with E-state index < -0.39 is 0 Å². The molecule has 5 rings (SSSR count). The molecular weight excluding hydrogens is 490 g/mol. The lowest BCUT2D eigenvalue weighted by Gasteiger charge is -2.05. The zero-order valence-corrected chi connectivity index (χ0v) is 20.8. The largest absolute Gasteiger partial charge is 0.453 e. The van der Waals surface area contributed by atoms with E-state index in [2.05, 4.69) is 20.5 Å². The van der Waals surface area contributed by atoms with Gasteiger partial charge in [0.1, 0.15) is 5.58 Å². The number of benzene rings is 2. The highest BCUT2D eigenvalue weighted by Crippen LogP contribution is 2.31. The molecule has 0 bridgehead atoms. The molecular formula is C24H20ClN5O2S2. The van der Waals surface area contributed by atoms with E-state index in [1.807, 2.05) is 66.3 Å². The van der Waals surface area contributed by atoms with Crippen LogP contribution < -0.4 is 5.32 Å². The van der Waals surface area contributed by atoms with Crippen LogP contribution in [0.2, 0.25) is 5.02 Å². The van der Waals surface area contributed by atoms with Gasteiger partial charge in [0.2, 0.25) is 11.7 Å². The predicted molar refractivity (Wildman–Crippen MR) is 138 cm³/mol. The maximum Gasteiger partial charge on any atom is 0.236 e. The van der Waals surface area contributed by atoms with Gasteiger partial charge in [-0.1, -0.05) is 53.2 Å². The third-order valence-electron chi connectivity index (χ3n) is 5.16. The molecule has 0 unspecified atom stereocenters. The van der Waals surface area contributed by atoms with Gasteiger partial charge in [-0.3, -0.25) is 9.36 Å². The van der Waals surface area contributed by atoms with Gasteiger partial charge in [-0.25, -0.2) is 4.98 Å². The molecule has 2 aromatic carbocycles. The number of thioether (sulfide) groups is 1. The highest BCUT2D eigenvalue weighted by Gasteiger charge is 2.18. The van der Waals surface area contributed by atoms with Crippen LogP contribution in [-0.4, -0.2) is 31.4 Å². The molecule has 3 heterocycles. The fourth-order valence-corrected chi connectivity index (χ4v) is 5.18. The highest BCUT2D eigenvalue weighted by molar-refractivity contribution is 7.99. The van der Waals surface area contributed by atoms with Crippen molar-refractivity contribution in [3.63, 3.8) is 0 Å². The van der Waals surface area contributed by atoms with Crippen LogP contribution in [0.15, 0.2) is 63.5 Å². The second-order valence-corrected chi connectivity index (χ2v) is 9.82. The highest BCUT2D eigenvalue weighted by atomic mass is 35.5. The number of thiazole rings is 1. The van der Waals surface area contributed by atoms with E-state index in [0.29, 0.717) is 33.4 Å². The molecule has 3 aromatic heterocycles. The second kappa shape index (κ2) is 9.61. The number of rotatable bonds is 7. The first-order valence-electron chi connectivity index (χ1n) is 10.6. The predicted octanol–water partition coefficient (Wildman–Crippen LogP) is 6.53. The van der Waals surface area contributed by atoms with Gasteiger partial charge in [-0.05, 0) is 38.1 Å². The third-order valence-corrected chi connectivity index (χ3v) is 7.12. The molecule has 34 heavy (non-hydrogen) atoms. The lowest BCUT2D eigenvalue weighted by molar-refractivity contribution is -0.113. The Kier molecular flexibility index (Phi) is 6.40. The average Bonchev–Trinajstić information content (AvgIpc) is 3.55. The van der Waals surface area contributed by atoms with E-state index in [1.165, 1.54) is 28.7 Å². The molecule has 7 nitrogen and oxygen atoms in total. The van der Waals surface area contributed by atoms with Crippen molar-refractivity contribution in [3.8, 4) is 22.8 Å². The smallest absolute Gasteiger partial charge is 0.236 e. The number of halogens is 1. The number of carbonyl (C=O) groups is 1. The Hall–Kier alpha value is -3.14. The van der Waals surface area contributed by atoms with Gasteiger partial charge in [0.25, 0.3) is 0 Å². The van der Waals surface area contributed by atoms with Crippen molar-refractivity contribution >= 4 is 56.7 Å². The number of hydrogen-bond acceptors (Lipinski definition) is 7. The van der Waals surface area contributed by atoms with Crippen molar-refractivity contribution in [3.05, 3.63) is 64.5 Å². The van der Waals surface area contributed by atoms with Crippen LogP contribution >= 0.6 is 34.7 Å². The van der Waals surface area contributed by atoms with E-state index in [1.54, 1.807) is 6.07 Å². The van der Waals surface area contributed by atoms with Crippen molar-refractivity contribution in [2.75, 3.05) is 11.1 Å². The summed E-state index contributed by atoms with van der Waals surface area (Å²) in [5.74, 6) is 1.25. The van der Waals surface area contributed by atoms with Crippen LogP contribution in [-0.2, 0) is 11.3 Å². The molecule has 0 aliphatic carbocycles. The first-order chi connectivity index (χ1) is 16.5. The molecule has 0 aliphatic rings. The van der Waals surface area contributed by atoms with Gasteiger partial charge in [-0.2, -0.15) is 0 Å². The number of hydrogen-bond donors (Lipinski definition) is 1. The van der Waals surface area contributed by atoms with Crippen LogP contribution in [0, 0.1) is 6.92 Å². The molecule has 0 aliphatic heterocycles. The number of nitrogens with one attached hydrogen (secondary N) is 1. The molecule has 0 fully saturated rings. The Labute approximate surface area is 209 Å². The van der Waals surface area contributed by atoms with Gasteiger partial charge in [0.15, 0.2) is 16.0 Å². The minimum Gasteiger partial charge on any atom is -0.453 e. The Balaban J connectivity index is 1.26. The summed E-state index contributed by atoms with van der Waals surface area (Å²) in [4.78, 5) is 17.1. The van der Waals surface area contributed by atoms with E-state index in [4.69, 9.17) is 16.0 Å².